The van der Waals surface area contributed by atoms with Crippen molar-refractivity contribution in [3.8, 4) is 0 Å². The summed E-state index contributed by atoms with van der Waals surface area (Å²) in [6.07, 6.45) is 5.34. The standard InChI is InChI=1S/C17H23N3O4/c1-2-24-17(23)19-7-5-14-12(10-19)8-18-9-15(14)16(22)20-6-3-4-13(20)11-21/h8-9,13,21H,2-7,10-11H2,1H3. The highest BCUT2D eigenvalue weighted by atomic mass is 16.6. The third-order valence-corrected chi connectivity index (χ3v) is 4.74. The van der Waals surface area contributed by atoms with Gasteiger partial charge in [-0.2, -0.15) is 0 Å². The zero-order valence-corrected chi connectivity index (χ0v) is 13.9. The molecule has 1 fully saturated rings. The fraction of sp³-hybridized carbons (Fsp3) is 0.588. The molecule has 3 heterocycles. The molecular formula is C17H23N3O4. The molecule has 1 saturated heterocycles. The minimum Gasteiger partial charge on any atom is -0.450 e. The minimum absolute atomic E-state index is 0.00910. The second kappa shape index (κ2) is 7.17. The van der Waals surface area contributed by atoms with E-state index in [1.54, 1.807) is 29.1 Å². The van der Waals surface area contributed by atoms with Gasteiger partial charge < -0.3 is 19.6 Å². The first-order chi connectivity index (χ1) is 11.7. The molecule has 2 aliphatic heterocycles. The normalized spacial score (nSPS) is 20.0. The van der Waals surface area contributed by atoms with Crippen molar-refractivity contribution in [1.82, 2.24) is 14.8 Å². The number of amides is 2. The van der Waals surface area contributed by atoms with E-state index in [1.165, 1.54) is 0 Å². The Bertz CT molecular complexity index is 634. The smallest absolute Gasteiger partial charge is 0.410 e. The number of hydrogen-bond acceptors (Lipinski definition) is 5. The van der Waals surface area contributed by atoms with Crippen molar-refractivity contribution in [1.29, 1.82) is 0 Å². The number of aliphatic hydroxyl groups is 1. The molecule has 0 aliphatic carbocycles. The van der Waals surface area contributed by atoms with Crippen LogP contribution >= 0.6 is 0 Å². The van der Waals surface area contributed by atoms with Crippen LogP contribution in [0.3, 0.4) is 0 Å². The molecule has 7 heteroatoms. The zero-order chi connectivity index (χ0) is 17.1. The van der Waals surface area contributed by atoms with Crippen molar-refractivity contribution in [3.63, 3.8) is 0 Å². The molecule has 1 unspecified atom stereocenters. The second-order valence-electron chi connectivity index (χ2n) is 6.17. The third kappa shape index (κ3) is 3.08. The Kier molecular flexibility index (Phi) is 4.99. The summed E-state index contributed by atoms with van der Waals surface area (Å²) in [4.78, 5) is 32.3. The Hall–Kier alpha value is -2.15. The molecule has 2 aliphatic rings. The number of nitrogens with zero attached hydrogens (tertiary/aromatic N) is 3. The molecule has 0 radical (unpaired) electrons. The van der Waals surface area contributed by atoms with Crippen LogP contribution < -0.4 is 0 Å². The lowest BCUT2D eigenvalue weighted by Crippen LogP contribution is -2.40. The van der Waals surface area contributed by atoms with Gasteiger partial charge in [-0.3, -0.25) is 9.78 Å². The van der Waals surface area contributed by atoms with Crippen molar-refractivity contribution in [2.45, 2.75) is 38.8 Å². The summed E-state index contributed by atoms with van der Waals surface area (Å²) in [5, 5.41) is 9.45. The van der Waals surface area contributed by atoms with E-state index in [2.05, 4.69) is 4.98 Å². The first-order valence-electron chi connectivity index (χ1n) is 8.45. The van der Waals surface area contributed by atoms with Gasteiger partial charge >= 0.3 is 6.09 Å². The molecule has 1 aromatic heterocycles. The van der Waals surface area contributed by atoms with Crippen molar-refractivity contribution in [2.75, 3.05) is 26.3 Å². The summed E-state index contributed by atoms with van der Waals surface area (Å²) in [6, 6.07) is -0.104. The summed E-state index contributed by atoms with van der Waals surface area (Å²) < 4.78 is 5.05. The van der Waals surface area contributed by atoms with Crippen LogP contribution in [-0.4, -0.2) is 64.2 Å². The Morgan fingerprint density at radius 3 is 2.96 bits per heavy atom. The van der Waals surface area contributed by atoms with Gasteiger partial charge in [-0.05, 0) is 37.3 Å². The molecule has 0 aromatic carbocycles. The molecule has 1 aromatic rings. The van der Waals surface area contributed by atoms with Crippen LogP contribution in [0.25, 0.3) is 0 Å². The lowest BCUT2D eigenvalue weighted by atomic mass is 9.96. The number of rotatable bonds is 3. The topological polar surface area (TPSA) is 83.0 Å². The Morgan fingerprint density at radius 1 is 1.38 bits per heavy atom. The number of likely N-dealkylation sites (tertiary alicyclic amines) is 1. The molecule has 0 bridgehead atoms. The molecule has 3 rings (SSSR count). The number of pyridine rings is 1. The molecule has 2 amide bonds. The Labute approximate surface area is 141 Å². The van der Waals surface area contributed by atoms with E-state index in [9.17, 15) is 14.7 Å². The number of carbonyl (C=O) groups is 2. The van der Waals surface area contributed by atoms with Crippen LogP contribution in [0.1, 0.15) is 41.3 Å². The summed E-state index contributed by atoms with van der Waals surface area (Å²) >= 11 is 0. The number of carbonyl (C=O) groups excluding carboxylic acids is 2. The Morgan fingerprint density at radius 2 is 2.21 bits per heavy atom. The van der Waals surface area contributed by atoms with Crippen molar-refractivity contribution in [2.24, 2.45) is 0 Å². The van der Waals surface area contributed by atoms with Gasteiger partial charge in [0.2, 0.25) is 0 Å². The molecule has 24 heavy (non-hydrogen) atoms. The van der Waals surface area contributed by atoms with Crippen molar-refractivity contribution in [3.05, 3.63) is 29.1 Å². The minimum atomic E-state index is -0.334. The molecule has 1 atom stereocenters. The van der Waals surface area contributed by atoms with E-state index in [1.807, 2.05) is 0 Å². The van der Waals surface area contributed by atoms with Crippen LogP contribution in [0.4, 0.5) is 4.79 Å². The highest BCUT2D eigenvalue weighted by molar-refractivity contribution is 5.96. The third-order valence-electron chi connectivity index (χ3n) is 4.74. The first kappa shape index (κ1) is 16.7. The van der Waals surface area contributed by atoms with Crippen LogP contribution in [0.5, 0.6) is 0 Å². The van der Waals surface area contributed by atoms with Crippen molar-refractivity contribution >= 4 is 12.0 Å². The average Bonchev–Trinajstić information content (AvgIpc) is 3.09. The highest BCUT2D eigenvalue weighted by Gasteiger charge is 2.32. The van der Waals surface area contributed by atoms with E-state index in [4.69, 9.17) is 4.74 Å². The van der Waals surface area contributed by atoms with Crippen LogP contribution in [0.15, 0.2) is 12.4 Å². The number of fused-ring (bicyclic) bond motifs is 1. The van der Waals surface area contributed by atoms with Crippen molar-refractivity contribution < 1.29 is 19.4 Å². The van der Waals surface area contributed by atoms with Crippen LogP contribution in [0.2, 0.25) is 0 Å². The average molecular weight is 333 g/mol. The maximum atomic E-state index is 12.9. The lowest BCUT2D eigenvalue weighted by Gasteiger charge is -2.30. The Balaban J connectivity index is 1.82. The second-order valence-corrected chi connectivity index (χ2v) is 6.17. The monoisotopic (exact) mass is 333 g/mol. The summed E-state index contributed by atoms with van der Waals surface area (Å²) in [5.74, 6) is -0.0690. The van der Waals surface area contributed by atoms with Gasteiger partial charge in [-0.15, -0.1) is 0 Å². The van der Waals surface area contributed by atoms with Gasteiger partial charge in [0.05, 0.1) is 31.4 Å². The number of ether oxygens (including phenoxy) is 1. The van der Waals surface area contributed by atoms with E-state index in [-0.39, 0.29) is 24.6 Å². The van der Waals surface area contributed by atoms with E-state index < -0.39 is 0 Å². The predicted octanol–water partition coefficient (Wildman–Crippen LogP) is 1.19. The fourth-order valence-electron chi connectivity index (χ4n) is 3.50. The predicted molar refractivity (Wildman–Crippen MR) is 86.5 cm³/mol. The van der Waals surface area contributed by atoms with E-state index >= 15 is 0 Å². The maximum absolute atomic E-state index is 12.9. The van der Waals surface area contributed by atoms with Crippen LogP contribution in [0, 0.1) is 0 Å². The SMILES string of the molecule is CCOC(=O)N1CCc2c(cncc2C(=O)N2CCCC2CO)C1. The molecular weight excluding hydrogens is 310 g/mol. The summed E-state index contributed by atoms with van der Waals surface area (Å²) in [7, 11) is 0. The number of aromatic nitrogens is 1. The maximum Gasteiger partial charge on any atom is 0.410 e. The van der Waals surface area contributed by atoms with E-state index in [0.29, 0.717) is 38.2 Å². The summed E-state index contributed by atoms with van der Waals surface area (Å²) in [6.45, 7) is 3.72. The van der Waals surface area contributed by atoms with E-state index in [0.717, 1.165) is 24.0 Å². The van der Waals surface area contributed by atoms with Crippen LogP contribution in [-0.2, 0) is 17.7 Å². The highest BCUT2D eigenvalue weighted by Crippen LogP contribution is 2.26. The van der Waals surface area contributed by atoms with Gasteiger partial charge in [0.1, 0.15) is 0 Å². The zero-order valence-electron chi connectivity index (χ0n) is 13.9. The molecule has 0 spiro atoms. The quantitative estimate of drug-likeness (QED) is 0.898. The largest absolute Gasteiger partial charge is 0.450 e. The molecule has 0 saturated carbocycles. The first-order valence-corrected chi connectivity index (χ1v) is 8.45. The number of hydrogen-bond donors (Lipinski definition) is 1. The van der Waals surface area contributed by atoms with Gasteiger partial charge in [-0.25, -0.2) is 4.79 Å². The molecule has 1 N–H and O–H groups in total. The molecule has 7 nitrogen and oxygen atoms in total. The summed E-state index contributed by atoms with van der Waals surface area (Å²) in [5.41, 5.74) is 2.44. The number of aliphatic hydroxyl groups excluding tert-OH is 1. The van der Waals surface area contributed by atoms with Gasteiger partial charge in [-0.1, -0.05) is 0 Å². The lowest BCUT2D eigenvalue weighted by molar-refractivity contribution is 0.0675. The van der Waals surface area contributed by atoms with Gasteiger partial charge in [0.15, 0.2) is 0 Å². The van der Waals surface area contributed by atoms with Gasteiger partial charge in [0, 0.05) is 25.5 Å². The molecule has 130 valence electrons. The van der Waals surface area contributed by atoms with Gasteiger partial charge in [0.25, 0.3) is 5.91 Å². The fourth-order valence-corrected chi connectivity index (χ4v) is 3.50.